The predicted molar refractivity (Wildman–Crippen MR) is 91.3 cm³/mol. The van der Waals surface area contributed by atoms with Crippen LogP contribution in [-0.2, 0) is 6.61 Å². The summed E-state index contributed by atoms with van der Waals surface area (Å²) in [6.45, 7) is 0.480. The van der Waals surface area contributed by atoms with Gasteiger partial charge in [-0.25, -0.2) is 0 Å². The Kier molecular flexibility index (Phi) is 5.73. The second-order valence-electron chi connectivity index (χ2n) is 4.42. The standard InChI is InChI=1S/C16H17N3O2S/c1-20-15-9-13(10-18-19-16(17)22)7-8-14(15)21-11-12-5-3-2-4-6-12/h2-10H,11H2,1H3,(H3,17,19,22). The van der Waals surface area contributed by atoms with Gasteiger partial charge in [-0.1, -0.05) is 30.3 Å². The Bertz CT molecular complexity index is 660. The molecule has 2 aromatic rings. The first-order valence-electron chi connectivity index (χ1n) is 6.62. The van der Waals surface area contributed by atoms with Crippen molar-refractivity contribution in [2.45, 2.75) is 6.61 Å². The maximum Gasteiger partial charge on any atom is 0.184 e. The molecular formula is C16H17N3O2S. The van der Waals surface area contributed by atoms with Gasteiger partial charge in [-0.15, -0.1) is 0 Å². The van der Waals surface area contributed by atoms with E-state index in [2.05, 4.69) is 22.7 Å². The largest absolute Gasteiger partial charge is 0.493 e. The van der Waals surface area contributed by atoms with Crippen molar-refractivity contribution in [2.75, 3.05) is 7.11 Å². The van der Waals surface area contributed by atoms with E-state index in [4.69, 9.17) is 15.2 Å². The van der Waals surface area contributed by atoms with Crippen LogP contribution in [0.1, 0.15) is 11.1 Å². The third-order valence-electron chi connectivity index (χ3n) is 2.81. The van der Waals surface area contributed by atoms with Crippen molar-refractivity contribution in [3.05, 3.63) is 59.7 Å². The highest BCUT2D eigenvalue weighted by molar-refractivity contribution is 7.80. The van der Waals surface area contributed by atoms with Gasteiger partial charge in [-0.2, -0.15) is 5.10 Å². The van der Waals surface area contributed by atoms with Crippen LogP contribution in [0.3, 0.4) is 0 Å². The summed E-state index contributed by atoms with van der Waals surface area (Å²) in [5.74, 6) is 1.31. The third kappa shape index (κ3) is 4.75. The van der Waals surface area contributed by atoms with Crippen LogP contribution < -0.4 is 20.6 Å². The number of ether oxygens (including phenoxy) is 2. The Morgan fingerprint density at radius 2 is 2.00 bits per heavy atom. The quantitative estimate of drug-likeness (QED) is 0.487. The zero-order valence-corrected chi connectivity index (χ0v) is 13.0. The van der Waals surface area contributed by atoms with Crippen LogP contribution in [0.15, 0.2) is 53.6 Å². The zero-order valence-electron chi connectivity index (χ0n) is 12.2. The molecular weight excluding hydrogens is 298 g/mol. The molecule has 22 heavy (non-hydrogen) atoms. The van der Waals surface area contributed by atoms with Gasteiger partial charge >= 0.3 is 0 Å². The molecule has 0 amide bonds. The van der Waals surface area contributed by atoms with E-state index in [9.17, 15) is 0 Å². The highest BCUT2D eigenvalue weighted by atomic mass is 32.1. The lowest BCUT2D eigenvalue weighted by Gasteiger charge is -2.11. The van der Waals surface area contributed by atoms with Crippen molar-refractivity contribution in [3.63, 3.8) is 0 Å². The first-order valence-corrected chi connectivity index (χ1v) is 7.03. The number of nitrogens with one attached hydrogen (secondary N) is 1. The molecule has 5 nitrogen and oxygen atoms in total. The third-order valence-corrected chi connectivity index (χ3v) is 2.90. The van der Waals surface area contributed by atoms with Gasteiger partial charge in [0, 0.05) is 0 Å². The Morgan fingerprint density at radius 3 is 2.68 bits per heavy atom. The van der Waals surface area contributed by atoms with Crippen LogP contribution >= 0.6 is 12.2 Å². The molecule has 0 radical (unpaired) electrons. The highest BCUT2D eigenvalue weighted by Gasteiger charge is 2.05. The van der Waals surface area contributed by atoms with Gasteiger partial charge in [0.25, 0.3) is 0 Å². The summed E-state index contributed by atoms with van der Waals surface area (Å²) in [6.07, 6.45) is 1.60. The second-order valence-corrected chi connectivity index (χ2v) is 4.86. The lowest BCUT2D eigenvalue weighted by molar-refractivity contribution is 0.284. The predicted octanol–water partition coefficient (Wildman–Crippen LogP) is 2.44. The molecule has 2 rings (SSSR count). The summed E-state index contributed by atoms with van der Waals surface area (Å²) in [7, 11) is 1.60. The van der Waals surface area contributed by atoms with E-state index in [-0.39, 0.29) is 5.11 Å². The number of rotatable bonds is 6. The Balaban J connectivity index is 2.05. The van der Waals surface area contributed by atoms with E-state index >= 15 is 0 Å². The summed E-state index contributed by atoms with van der Waals surface area (Å²) >= 11 is 4.67. The van der Waals surface area contributed by atoms with E-state index in [0.29, 0.717) is 18.1 Å². The number of hydrazone groups is 1. The molecule has 0 atom stereocenters. The minimum absolute atomic E-state index is 0.117. The molecule has 0 aliphatic heterocycles. The lowest BCUT2D eigenvalue weighted by atomic mass is 10.2. The average Bonchev–Trinajstić information content (AvgIpc) is 2.54. The van der Waals surface area contributed by atoms with Gasteiger partial charge in [0.15, 0.2) is 16.6 Å². The number of methoxy groups -OCH3 is 1. The van der Waals surface area contributed by atoms with Crippen LogP contribution in [0.25, 0.3) is 0 Å². The molecule has 0 unspecified atom stereocenters. The van der Waals surface area contributed by atoms with E-state index < -0.39 is 0 Å². The summed E-state index contributed by atoms with van der Waals surface area (Å²) in [4.78, 5) is 0. The lowest BCUT2D eigenvalue weighted by Crippen LogP contribution is -2.23. The fourth-order valence-electron chi connectivity index (χ4n) is 1.79. The summed E-state index contributed by atoms with van der Waals surface area (Å²) < 4.78 is 11.1. The van der Waals surface area contributed by atoms with Gasteiger partial charge in [0.1, 0.15) is 6.61 Å². The fourth-order valence-corrected chi connectivity index (χ4v) is 1.84. The SMILES string of the molecule is COc1cc(C=NNC(N)=S)ccc1OCc1ccccc1. The summed E-state index contributed by atoms with van der Waals surface area (Å²) in [5.41, 5.74) is 9.73. The zero-order chi connectivity index (χ0) is 15.8. The molecule has 0 aliphatic carbocycles. The van der Waals surface area contributed by atoms with Crippen LogP contribution in [-0.4, -0.2) is 18.4 Å². The number of nitrogens with zero attached hydrogens (tertiary/aromatic N) is 1. The summed E-state index contributed by atoms with van der Waals surface area (Å²) in [5, 5.41) is 4.02. The minimum Gasteiger partial charge on any atom is -0.493 e. The van der Waals surface area contributed by atoms with Crippen molar-refractivity contribution in [3.8, 4) is 11.5 Å². The van der Waals surface area contributed by atoms with E-state index in [1.165, 1.54) is 0 Å². The van der Waals surface area contributed by atoms with Crippen molar-refractivity contribution in [2.24, 2.45) is 10.8 Å². The Hall–Kier alpha value is -2.60. The molecule has 114 valence electrons. The first kappa shape index (κ1) is 15.8. The molecule has 0 heterocycles. The minimum atomic E-state index is 0.117. The van der Waals surface area contributed by atoms with Crippen LogP contribution in [0.5, 0.6) is 11.5 Å². The van der Waals surface area contributed by atoms with Gasteiger partial charge in [-0.05, 0) is 41.5 Å². The molecule has 0 spiro atoms. The first-order chi connectivity index (χ1) is 10.7. The summed E-state index contributed by atoms with van der Waals surface area (Å²) in [6, 6.07) is 15.5. The normalized spacial score (nSPS) is 10.4. The van der Waals surface area contributed by atoms with E-state index in [0.717, 1.165) is 11.1 Å². The van der Waals surface area contributed by atoms with Crippen molar-refractivity contribution >= 4 is 23.5 Å². The number of thiocarbonyl (C=S) groups is 1. The number of hydrogen-bond donors (Lipinski definition) is 2. The second kappa shape index (κ2) is 7.99. The smallest absolute Gasteiger partial charge is 0.184 e. The van der Waals surface area contributed by atoms with Crippen molar-refractivity contribution in [1.82, 2.24) is 5.43 Å². The Labute approximate surface area is 134 Å². The van der Waals surface area contributed by atoms with Gasteiger partial charge in [0.2, 0.25) is 0 Å². The molecule has 0 aromatic heterocycles. The molecule has 0 saturated heterocycles. The van der Waals surface area contributed by atoms with Crippen LogP contribution in [0, 0.1) is 0 Å². The fraction of sp³-hybridized carbons (Fsp3) is 0.125. The highest BCUT2D eigenvalue weighted by Crippen LogP contribution is 2.28. The van der Waals surface area contributed by atoms with Crippen molar-refractivity contribution in [1.29, 1.82) is 0 Å². The van der Waals surface area contributed by atoms with Gasteiger partial charge < -0.3 is 15.2 Å². The van der Waals surface area contributed by atoms with Crippen LogP contribution in [0.4, 0.5) is 0 Å². The molecule has 6 heteroatoms. The molecule has 0 aliphatic rings. The number of benzene rings is 2. The van der Waals surface area contributed by atoms with Gasteiger partial charge in [-0.3, -0.25) is 5.43 Å². The van der Waals surface area contributed by atoms with Crippen LogP contribution in [0.2, 0.25) is 0 Å². The maximum atomic E-state index is 5.79. The number of hydrogen-bond acceptors (Lipinski definition) is 4. The topological polar surface area (TPSA) is 68.9 Å². The molecule has 0 bridgehead atoms. The molecule has 0 fully saturated rings. The maximum absolute atomic E-state index is 5.79. The molecule has 2 aromatic carbocycles. The Morgan fingerprint density at radius 1 is 1.23 bits per heavy atom. The molecule has 3 N–H and O–H groups in total. The van der Waals surface area contributed by atoms with E-state index in [1.54, 1.807) is 13.3 Å². The average molecular weight is 315 g/mol. The van der Waals surface area contributed by atoms with Crippen molar-refractivity contribution < 1.29 is 9.47 Å². The van der Waals surface area contributed by atoms with Gasteiger partial charge in [0.05, 0.1) is 13.3 Å². The number of nitrogens with two attached hydrogens (primary N) is 1. The molecule has 0 saturated carbocycles. The van der Waals surface area contributed by atoms with E-state index in [1.807, 2.05) is 48.5 Å². The monoisotopic (exact) mass is 315 g/mol.